The van der Waals surface area contributed by atoms with Crippen molar-refractivity contribution < 1.29 is 17.6 Å². The van der Waals surface area contributed by atoms with Gasteiger partial charge in [0.15, 0.2) is 0 Å². The van der Waals surface area contributed by atoms with Gasteiger partial charge in [0, 0.05) is 26.2 Å². The van der Waals surface area contributed by atoms with Crippen LogP contribution in [-0.2, 0) is 10.0 Å². The van der Waals surface area contributed by atoms with Crippen molar-refractivity contribution in [2.75, 3.05) is 26.2 Å². The van der Waals surface area contributed by atoms with E-state index in [1.165, 1.54) is 16.4 Å². The number of nitrogens with one attached hydrogen (secondary N) is 1. The van der Waals surface area contributed by atoms with Crippen LogP contribution in [0, 0.1) is 19.7 Å². The van der Waals surface area contributed by atoms with E-state index >= 15 is 0 Å². The average Bonchev–Trinajstić information content (AvgIpc) is 2.81. The second-order valence-corrected chi connectivity index (χ2v) is 8.72. The molecular formula is C17H20ClFN4O3S. The number of aryl methyl sites for hydroxylation is 2. The molecule has 10 heteroatoms. The number of nitrogens with zero attached hydrogens (tertiary/aromatic N) is 3. The molecule has 1 N–H and O–H groups in total. The molecule has 0 aliphatic carbocycles. The minimum absolute atomic E-state index is 0.0402. The summed E-state index contributed by atoms with van der Waals surface area (Å²) >= 11 is 5.98. The van der Waals surface area contributed by atoms with Crippen LogP contribution >= 0.6 is 11.6 Å². The molecule has 0 radical (unpaired) electrons. The fraction of sp³-hybridized carbons (Fsp3) is 0.412. The van der Waals surface area contributed by atoms with Crippen molar-refractivity contribution in [3.05, 3.63) is 46.0 Å². The van der Waals surface area contributed by atoms with Crippen LogP contribution < -0.4 is 0 Å². The summed E-state index contributed by atoms with van der Waals surface area (Å²) in [4.78, 5) is 14.4. The lowest BCUT2D eigenvalue weighted by molar-refractivity contribution is 0.0764. The van der Waals surface area contributed by atoms with Crippen LogP contribution in [0.15, 0.2) is 23.1 Å². The van der Waals surface area contributed by atoms with Crippen molar-refractivity contribution in [3.8, 4) is 0 Å². The number of benzene rings is 1. The Bertz CT molecular complexity index is 957. The van der Waals surface area contributed by atoms with E-state index in [1.54, 1.807) is 18.7 Å². The first-order chi connectivity index (χ1) is 12.7. The van der Waals surface area contributed by atoms with E-state index in [9.17, 15) is 17.6 Å². The molecule has 0 unspecified atom stereocenters. The fourth-order valence-corrected chi connectivity index (χ4v) is 5.27. The van der Waals surface area contributed by atoms with Gasteiger partial charge in [-0.3, -0.25) is 9.89 Å². The molecule has 1 saturated heterocycles. The summed E-state index contributed by atoms with van der Waals surface area (Å²) in [6.45, 7) is 4.38. The first-order valence-electron chi connectivity index (χ1n) is 8.48. The van der Waals surface area contributed by atoms with Crippen molar-refractivity contribution >= 4 is 27.5 Å². The van der Waals surface area contributed by atoms with Gasteiger partial charge in [-0.25, -0.2) is 12.8 Å². The zero-order chi connectivity index (χ0) is 19.8. The molecule has 1 aromatic carbocycles. The highest BCUT2D eigenvalue weighted by Gasteiger charge is 2.32. The Hall–Kier alpha value is -1.97. The lowest BCUT2D eigenvalue weighted by Gasteiger charge is -2.22. The molecule has 2 aromatic rings. The van der Waals surface area contributed by atoms with Gasteiger partial charge in [0.2, 0.25) is 10.0 Å². The minimum Gasteiger partial charge on any atom is -0.337 e. The number of sulfonamides is 1. The smallest absolute Gasteiger partial charge is 0.255 e. The maximum absolute atomic E-state index is 13.2. The number of carbonyl (C=O) groups excluding carboxylic acids is 1. The minimum atomic E-state index is -3.70. The Morgan fingerprint density at radius 3 is 2.59 bits per heavy atom. The summed E-state index contributed by atoms with van der Waals surface area (Å²) < 4.78 is 40.5. The highest BCUT2D eigenvalue weighted by atomic mass is 35.5. The Morgan fingerprint density at radius 2 is 1.96 bits per heavy atom. The number of hydrogen-bond donors (Lipinski definition) is 1. The van der Waals surface area contributed by atoms with Crippen molar-refractivity contribution in [2.24, 2.45) is 0 Å². The first-order valence-corrected chi connectivity index (χ1v) is 10.3. The molecule has 2 heterocycles. The Morgan fingerprint density at radius 1 is 1.22 bits per heavy atom. The van der Waals surface area contributed by atoms with Crippen LogP contribution in [0.3, 0.4) is 0 Å². The molecule has 1 aliphatic heterocycles. The maximum Gasteiger partial charge on any atom is 0.255 e. The van der Waals surface area contributed by atoms with E-state index < -0.39 is 15.8 Å². The molecule has 1 aliphatic rings. The standard InChI is InChI=1S/C17H20ClFN4O3S/c1-11-16(12(2)21-20-11)27(25,26)23-7-3-6-22(8-9-23)17(24)14-5-4-13(19)10-15(14)18/h4-5,10H,3,6-9H2,1-2H3,(H,20,21). The summed E-state index contributed by atoms with van der Waals surface area (Å²) in [6, 6.07) is 3.61. The van der Waals surface area contributed by atoms with E-state index in [2.05, 4.69) is 10.2 Å². The number of rotatable bonds is 3. The normalized spacial score (nSPS) is 16.4. The number of carbonyl (C=O) groups is 1. The number of amides is 1. The van der Waals surface area contributed by atoms with Crippen LogP contribution in [0.2, 0.25) is 5.02 Å². The molecule has 7 nitrogen and oxygen atoms in total. The average molecular weight is 415 g/mol. The van der Waals surface area contributed by atoms with E-state index in [4.69, 9.17) is 11.6 Å². The highest BCUT2D eigenvalue weighted by molar-refractivity contribution is 7.89. The lowest BCUT2D eigenvalue weighted by Crippen LogP contribution is -2.37. The second-order valence-electron chi connectivity index (χ2n) is 6.44. The molecule has 1 amide bonds. The first kappa shape index (κ1) is 19.8. The topological polar surface area (TPSA) is 86.4 Å². The van der Waals surface area contributed by atoms with Crippen LogP contribution in [0.25, 0.3) is 0 Å². The number of halogens is 2. The molecule has 0 atom stereocenters. The van der Waals surface area contributed by atoms with Crippen LogP contribution in [0.5, 0.6) is 0 Å². The molecule has 1 aromatic heterocycles. The van der Waals surface area contributed by atoms with Crippen LogP contribution in [-0.4, -0.2) is 59.9 Å². The predicted octanol–water partition coefficient (Wildman–Crippen LogP) is 2.36. The summed E-state index contributed by atoms with van der Waals surface area (Å²) in [5, 5.41) is 6.69. The van der Waals surface area contributed by atoms with Gasteiger partial charge in [-0.2, -0.15) is 9.40 Å². The Balaban J connectivity index is 1.78. The monoisotopic (exact) mass is 414 g/mol. The number of aromatic amines is 1. The van der Waals surface area contributed by atoms with Crippen molar-refractivity contribution in [1.82, 2.24) is 19.4 Å². The zero-order valence-corrected chi connectivity index (χ0v) is 16.6. The molecular weight excluding hydrogens is 395 g/mol. The zero-order valence-electron chi connectivity index (χ0n) is 15.0. The van der Waals surface area contributed by atoms with Gasteiger partial charge >= 0.3 is 0 Å². The molecule has 0 bridgehead atoms. The van der Waals surface area contributed by atoms with Crippen molar-refractivity contribution in [2.45, 2.75) is 25.2 Å². The fourth-order valence-electron chi connectivity index (χ4n) is 3.22. The largest absolute Gasteiger partial charge is 0.337 e. The third-order valence-corrected chi connectivity index (χ3v) is 7.04. The van der Waals surface area contributed by atoms with E-state index in [0.29, 0.717) is 30.9 Å². The van der Waals surface area contributed by atoms with Crippen LogP contribution in [0.1, 0.15) is 28.2 Å². The quantitative estimate of drug-likeness (QED) is 0.835. The van der Waals surface area contributed by atoms with Gasteiger partial charge in [0.05, 0.1) is 22.0 Å². The number of hydrogen-bond acceptors (Lipinski definition) is 4. The Kier molecular flexibility index (Phi) is 5.55. The van der Waals surface area contributed by atoms with Gasteiger partial charge in [0.25, 0.3) is 5.91 Å². The van der Waals surface area contributed by atoms with E-state index in [1.807, 2.05) is 0 Å². The van der Waals surface area contributed by atoms with Gasteiger partial charge in [-0.05, 0) is 38.5 Å². The lowest BCUT2D eigenvalue weighted by atomic mass is 10.2. The molecule has 146 valence electrons. The third kappa shape index (κ3) is 3.85. The van der Waals surface area contributed by atoms with E-state index in [0.717, 1.165) is 6.07 Å². The number of H-pyrrole nitrogens is 1. The van der Waals surface area contributed by atoms with Gasteiger partial charge < -0.3 is 4.90 Å². The molecule has 1 fully saturated rings. The van der Waals surface area contributed by atoms with Crippen molar-refractivity contribution in [3.63, 3.8) is 0 Å². The molecule has 3 rings (SSSR count). The summed E-state index contributed by atoms with van der Waals surface area (Å²) in [5.74, 6) is -0.856. The highest BCUT2D eigenvalue weighted by Crippen LogP contribution is 2.24. The maximum atomic E-state index is 13.2. The van der Waals surface area contributed by atoms with Crippen molar-refractivity contribution in [1.29, 1.82) is 0 Å². The third-order valence-electron chi connectivity index (χ3n) is 4.56. The summed E-state index contributed by atoms with van der Waals surface area (Å²) in [5.41, 5.74) is 1.11. The van der Waals surface area contributed by atoms with Gasteiger partial charge in [0.1, 0.15) is 10.7 Å². The molecule has 27 heavy (non-hydrogen) atoms. The van der Waals surface area contributed by atoms with E-state index in [-0.39, 0.29) is 34.5 Å². The Labute approximate surface area is 162 Å². The molecule has 0 saturated carbocycles. The van der Waals surface area contributed by atoms with Crippen LogP contribution in [0.4, 0.5) is 4.39 Å². The molecule has 0 spiro atoms. The SMILES string of the molecule is Cc1n[nH]c(C)c1S(=O)(=O)N1CCCN(C(=O)c2ccc(F)cc2Cl)CC1. The summed E-state index contributed by atoms with van der Waals surface area (Å²) in [6.07, 6.45) is 0.486. The summed E-state index contributed by atoms with van der Waals surface area (Å²) in [7, 11) is -3.70. The number of aromatic nitrogens is 2. The van der Waals surface area contributed by atoms with Gasteiger partial charge in [-0.1, -0.05) is 11.6 Å². The van der Waals surface area contributed by atoms with Gasteiger partial charge in [-0.15, -0.1) is 0 Å². The predicted molar refractivity (Wildman–Crippen MR) is 98.8 cm³/mol. The second kappa shape index (κ2) is 7.57.